The van der Waals surface area contributed by atoms with Crippen LogP contribution >= 0.6 is 38.5 Å². The summed E-state index contributed by atoms with van der Waals surface area (Å²) in [5.41, 5.74) is 1.65. The third-order valence-corrected chi connectivity index (χ3v) is 3.54. The van der Waals surface area contributed by atoms with Gasteiger partial charge in [-0.25, -0.2) is 4.39 Å². The van der Waals surface area contributed by atoms with Crippen molar-refractivity contribution in [1.82, 2.24) is 0 Å². The summed E-state index contributed by atoms with van der Waals surface area (Å²) >= 11 is 5.49. The molecule has 2 rings (SSSR count). The lowest BCUT2D eigenvalue weighted by molar-refractivity contribution is 0.629. The van der Waals surface area contributed by atoms with Gasteiger partial charge >= 0.3 is 0 Å². The van der Waals surface area contributed by atoms with E-state index in [0.29, 0.717) is 12.2 Å². The van der Waals surface area contributed by atoms with Crippen LogP contribution < -0.4 is 5.32 Å². The summed E-state index contributed by atoms with van der Waals surface area (Å²) in [6.45, 7) is 0.621. The van der Waals surface area contributed by atoms with E-state index in [1.807, 2.05) is 30.3 Å². The molecule has 2 aromatic rings. The van der Waals surface area contributed by atoms with Crippen LogP contribution in [0.3, 0.4) is 0 Å². The molecule has 0 heterocycles. The van der Waals surface area contributed by atoms with E-state index >= 15 is 0 Å². The molecule has 0 spiro atoms. The minimum Gasteiger partial charge on any atom is -0.379 e. The average Bonchev–Trinajstić information content (AvgIpc) is 2.30. The third kappa shape index (κ3) is 3.67. The molecule has 2 aromatic carbocycles. The number of rotatable bonds is 3. The molecule has 0 aliphatic rings. The Labute approximate surface area is 122 Å². The molecule has 0 aliphatic carbocycles. The molecular formula is C13H10BrFIN. The summed E-state index contributed by atoms with van der Waals surface area (Å²) in [5, 5.41) is 3.08. The minimum atomic E-state index is -0.245. The monoisotopic (exact) mass is 405 g/mol. The van der Waals surface area contributed by atoms with Crippen molar-refractivity contribution >= 4 is 44.2 Å². The van der Waals surface area contributed by atoms with Crippen LogP contribution in [0.1, 0.15) is 5.56 Å². The lowest BCUT2D eigenvalue weighted by atomic mass is 10.2. The maximum atomic E-state index is 13.5. The van der Waals surface area contributed by atoms with Crippen LogP contribution in [0.4, 0.5) is 10.1 Å². The molecule has 1 N–H and O–H groups in total. The van der Waals surface area contributed by atoms with Gasteiger partial charge in [-0.3, -0.25) is 0 Å². The highest BCUT2D eigenvalue weighted by Crippen LogP contribution is 2.20. The second-order valence-corrected chi connectivity index (χ2v) is 5.77. The zero-order chi connectivity index (χ0) is 12.3. The first-order valence-electron chi connectivity index (χ1n) is 5.08. The summed E-state index contributed by atoms with van der Waals surface area (Å²) in [6.07, 6.45) is 0. The molecule has 17 heavy (non-hydrogen) atoms. The zero-order valence-corrected chi connectivity index (χ0v) is 12.6. The Morgan fingerprint density at radius 1 is 1.12 bits per heavy atom. The van der Waals surface area contributed by atoms with E-state index in [9.17, 15) is 4.39 Å². The zero-order valence-electron chi connectivity index (χ0n) is 8.88. The summed E-state index contributed by atoms with van der Waals surface area (Å²) in [5.74, 6) is -0.245. The molecule has 4 heteroatoms. The molecular weight excluding hydrogens is 396 g/mol. The molecule has 0 radical (unpaired) electrons. The normalized spacial score (nSPS) is 10.3. The van der Waals surface area contributed by atoms with Gasteiger partial charge in [-0.1, -0.05) is 28.1 Å². The van der Waals surface area contributed by atoms with Crippen LogP contribution in [-0.2, 0) is 6.54 Å². The van der Waals surface area contributed by atoms with Gasteiger partial charge in [-0.2, -0.15) is 0 Å². The van der Waals surface area contributed by atoms with Gasteiger partial charge in [0, 0.05) is 14.6 Å². The molecule has 0 fully saturated rings. The van der Waals surface area contributed by atoms with Gasteiger partial charge < -0.3 is 5.32 Å². The number of hydrogen-bond acceptors (Lipinski definition) is 1. The molecule has 0 aromatic heterocycles. The van der Waals surface area contributed by atoms with Crippen molar-refractivity contribution in [2.75, 3.05) is 5.32 Å². The Morgan fingerprint density at radius 3 is 2.47 bits per heavy atom. The fourth-order valence-corrected chi connectivity index (χ4v) is 2.13. The highest BCUT2D eigenvalue weighted by Gasteiger charge is 2.02. The van der Waals surface area contributed by atoms with Crippen LogP contribution in [0, 0.1) is 9.39 Å². The first kappa shape index (κ1) is 12.8. The maximum Gasteiger partial charge on any atom is 0.147 e. The molecule has 1 nitrogen and oxygen atoms in total. The van der Waals surface area contributed by atoms with Gasteiger partial charge in [0.1, 0.15) is 5.82 Å². The van der Waals surface area contributed by atoms with Crippen molar-refractivity contribution in [1.29, 1.82) is 0 Å². The van der Waals surface area contributed by atoms with Gasteiger partial charge in [-0.05, 0) is 58.5 Å². The standard InChI is InChI=1S/C13H10BrFIN/c14-10-3-6-13(12(15)7-10)17-8-9-1-4-11(16)5-2-9/h1-7,17H,8H2. The largest absolute Gasteiger partial charge is 0.379 e. The molecule has 0 bridgehead atoms. The lowest BCUT2D eigenvalue weighted by Crippen LogP contribution is -2.01. The van der Waals surface area contributed by atoms with Gasteiger partial charge in [0.15, 0.2) is 0 Å². The van der Waals surface area contributed by atoms with Gasteiger partial charge in [0.25, 0.3) is 0 Å². The van der Waals surface area contributed by atoms with Gasteiger partial charge in [-0.15, -0.1) is 0 Å². The SMILES string of the molecule is Fc1cc(Br)ccc1NCc1ccc(I)cc1. The number of hydrogen-bond donors (Lipinski definition) is 1. The Bertz CT molecular complexity index is 513. The molecule has 0 aliphatic heterocycles. The average molecular weight is 406 g/mol. The van der Waals surface area contributed by atoms with E-state index in [1.165, 1.54) is 9.64 Å². The number of benzene rings is 2. The molecule has 0 unspecified atom stereocenters. The second-order valence-electron chi connectivity index (χ2n) is 3.60. The van der Waals surface area contributed by atoms with Crippen molar-refractivity contribution in [3.8, 4) is 0 Å². The van der Waals surface area contributed by atoms with Crippen LogP contribution in [0.25, 0.3) is 0 Å². The molecule has 0 saturated heterocycles. The van der Waals surface area contributed by atoms with Crippen molar-refractivity contribution < 1.29 is 4.39 Å². The minimum absolute atomic E-state index is 0.245. The first-order chi connectivity index (χ1) is 8.15. The number of halogens is 3. The summed E-state index contributed by atoms with van der Waals surface area (Å²) < 4.78 is 15.5. The highest BCUT2D eigenvalue weighted by atomic mass is 127. The van der Waals surface area contributed by atoms with Crippen LogP contribution in [0.15, 0.2) is 46.9 Å². The fraction of sp³-hybridized carbons (Fsp3) is 0.0769. The smallest absolute Gasteiger partial charge is 0.147 e. The Kier molecular flexibility index (Phi) is 4.39. The van der Waals surface area contributed by atoms with E-state index in [4.69, 9.17) is 0 Å². The summed E-state index contributed by atoms with van der Waals surface area (Å²) in [7, 11) is 0. The summed E-state index contributed by atoms with van der Waals surface area (Å²) in [6, 6.07) is 13.1. The van der Waals surface area contributed by atoms with Crippen molar-refractivity contribution in [3.05, 3.63) is 61.9 Å². The lowest BCUT2D eigenvalue weighted by Gasteiger charge is -2.08. The highest BCUT2D eigenvalue weighted by molar-refractivity contribution is 14.1. The van der Waals surface area contributed by atoms with Gasteiger partial charge in [0.05, 0.1) is 5.69 Å². The predicted octanol–water partition coefficient (Wildman–Crippen LogP) is 4.80. The molecule has 88 valence electrons. The van der Waals surface area contributed by atoms with E-state index in [-0.39, 0.29) is 5.82 Å². The van der Waals surface area contributed by atoms with E-state index < -0.39 is 0 Å². The number of anilines is 1. The van der Waals surface area contributed by atoms with Crippen molar-refractivity contribution in [2.24, 2.45) is 0 Å². The van der Waals surface area contributed by atoms with Crippen molar-refractivity contribution in [2.45, 2.75) is 6.54 Å². The predicted molar refractivity (Wildman–Crippen MR) is 80.6 cm³/mol. The first-order valence-corrected chi connectivity index (χ1v) is 6.96. The van der Waals surface area contributed by atoms with E-state index in [1.54, 1.807) is 6.07 Å². The third-order valence-electron chi connectivity index (χ3n) is 2.33. The molecule has 0 atom stereocenters. The molecule has 0 amide bonds. The van der Waals surface area contributed by atoms with Crippen LogP contribution in [-0.4, -0.2) is 0 Å². The second kappa shape index (κ2) is 5.82. The van der Waals surface area contributed by atoms with E-state index in [0.717, 1.165) is 10.0 Å². The number of nitrogens with one attached hydrogen (secondary N) is 1. The Morgan fingerprint density at radius 2 is 1.82 bits per heavy atom. The van der Waals surface area contributed by atoms with E-state index in [2.05, 4.69) is 43.8 Å². The van der Waals surface area contributed by atoms with Crippen molar-refractivity contribution in [3.63, 3.8) is 0 Å². The quantitative estimate of drug-likeness (QED) is 0.723. The van der Waals surface area contributed by atoms with Crippen LogP contribution in [0.5, 0.6) is 0 Å². The van der Waals surface area contributed by atoms with Gasteiger partial charge in [0.2, 0.25) is 0 Å². The summed E-state index contributed by atoms with van der Waals surface area (Å²) in [4.78, 5) is 0. The fourth-order valence-electron chi connectivity index (χ4n) is 1.43. The Balaban J connectivity index is 2.04. The topological polar surface area (TPSA) is 12.0 Å². The molecule has 0 saturated carbocycles. The maximum absolute atomic E-state index is 13.5. The Hall–Kier alpha value is -0.620. The van der Waals surface area contributed by atoms with Crippen LogP contribution in [0.2, 0.25) is 0 Å².